The van der Waals surface area contributed by atoms with E-state index in [1.807, 2.05) is 12.3 Å². The zero-order chi connectivity index (χ0) is 13.7. The minimum atomic E-state index is 0.432. The highest BCUT2D eigenvalue weighted by atomic mass is 35.5. The molecule has 4 heteroatoms. The van der Waals surface area contributed by atoms with Crippen molar-refractivity contribution in [1.82, 2.24) is 9.88 Å². The van der Waals surface area contributed by atoms with E-state index in [0.717, 1.165) is 10.7 Å². The largest absolute Gasteiger partial charge is 0.380 e. The van der Waals surface area contributed by atoms with Crippen LogP contribution < -0.4 is 5.32 Å². The Kier molecular flexibility index (Phi) is 5.46. The first-order chi connectivity index (χ1) is 9.20. The van der Waals surface area contributed by atoms with Gasteiger partial charge in [-0.25, -0.2) is 0 Å². The molecule has 0 radical (unpaired) electrons. The Morgan fingerprint density at radius 1 is 1.58 bits per heavy atom. The fourth-order valence-corrected chi connectivity index (χ4v) is 3.03. The molecule has 0 spiro atoms. The van der Waals surface area contributed by atoms with Gasteiger partial charge in [0.15, 0.2) is 0 Å². The third kappa shape index (κ3) is 4.08. The molecule has 2 heterocycles. The average molecular weight is 282 g/mol. The summed E-state index contributed by atoms with van der Waals surface area (Å²) in [4.78, 5) is 6.71. The highest BCUT2D eigenvalue weighted by Crippen LogP contribution is 2.25. The van der Waals surface area contributed by atoms with Gasteiger partial charge in [0.25, 0.3) is 0 Å². The van der Waals surface area contributed by atoms with E-state index in [2.05, 4.69) is 29.0 Å². The molecule has 0 aliphatic carbocycles. The lowest BCUT2D eigenvalue weighted by molar-refractivity contribution is 0.165. The molecule has 1 aromatic rings. The van der Waals surface area contributed by atoms with Crippen LogP contribution in [0.25, 0.3) is 0 Å². The lowest BCUT2D eigenvalue weighted by atomic mass is 9.91. The molecule has 3 nitrogen and oxygen atoms in total. The Morgan fingerprint density at radius 3 is 3.16 bits per heavy atom. The smallest absolute Gasteiger partial charge is 0.0718 e. The fraction of sp³-hybridized carbons (Fsp3) is 0.667. The van der Waals surface area contributed by atoms with E-state index in [0.29, 0.717) is 12.0 Å². The van der Waals surface area contributed by atoms with Crippen LogP contribution >= 0.6 is 11.6 Å². The maximum Gasteiger partial charge on any atom is 0.0718 e. The number of likely N-dealkylation sites (tertiary alicyclic amines) is 1. The van der Waals surface area contributed by atoms with Gasteiger partial charge in [-0.15, -0.1) is 0 Å². The monoisotopic (exact) mass is 281 g/mol. The minimum Gasteiger partial charge on any atom is -0.380 e. The predicted molar refractivity (Wildman–Crippen MR) is 81.8 cm³/mol. The number of nitrogens with one attached hydrogen (secondary N) is 1. The first-order valence-electron chi connectivity index (χ1n) is 7.29. The number of hydrogen-bond acceptors (Lipinski definition) is 3. The number of nitrogens with zero attached hydrogens (tertiary/aromatic N) is 2. The zero-order valence-corrected chi connectivity index (χ0v) is 12.7. The number of anilines is 1. The Hall–Kier alpha value is -0.800. The lowest BCUT2D eigenvalue weighted by Crippen LogP contribution is -2.42. The first kappa shape index (κ1) is 14.6. The Morgan fingerprint density at radius 2 is 2.42 bits per heavy atom. The molecule has 0 saturated carbocycles. The summed E-state index contributed by atoms with van der Waals surface area (Å²) in [6.45, 7) is 8.17. The van der Waals surface area contributed by atoms with Gasteiger partial charge in [-0.3, -0.25) is 4.98 Å². The summed E-state index contributed by atoms with van der Waals surface area (Å²) in [6, 6.07) is 2.27. The van der Waals surface area contributed by atoms with Crippen molar-refractivity contribution in [3.8, 4) is 0 Å². The number of pyridine rings is 1. The van der Waals surface area contributed by atoms with Gasteiger partial charge in [0, 0.05) is 18.8 Å². The summed E-state index contributed by atoms with van der Waals surface area (Å²) in [6.07, 6.45) is 7.37. The molecule has 1 N–H and O–H groups in total. The van der Waals surface area contributed by atoms with Crippen molar-refractivity contribution in [2.75, 3.05) is 25.0 Å². The fourth-order valence-electron chi connectivity index (χ4n) is 2.87. The molecule has 0 aromatic carbocycles. The van der Waals surface area contributed by atoms with Gasteiger partial charge in [0.05, 0.1) is 16.9 Å². The molecule has 1 fully saturated rings. The molecule has 1 aliphatic heterocycles. The Balaban J connectivity index is 1.92. The molecule has 2 atom stereocenters. The van der Waals surface area contributed by atoms with Gasteiger partial charge in [0.1, 0.15) is 0 Å². The van der Waals surface area contributed by atoms with E-state index in [4.69, 9.17) is 11.6 Å². The summed E-state index contributed by atoms with van der Waals surface area (Å²) < 4.78 is 0. The Labute approximate surface area is 121 Å². The van der Waals surface area contributed by atoms with Crippen LogP contribution in [0.4, 0.5) is 5.69 Å². The number of piperidine rings is 1. The summed E-state index contributed by atoms with van der Waals surface area (Å²) in [5.41, 5.74) is 0.948. The molecular weight excluding hydrogens is 258 g/mol. The van der Waals surface area contributed by atoms with Crippen molar-refractivity contribution in [1.29, 1.82) is 0 Å². The van der Waals surface area contributed by atoms with Crippen LogP contribution in [0.15, 0.2) is 18.5 Å². The molecule has 1 saturated heterocycles. The van der Waals surface area contributed by atoms with E-state index < -0.39 is 0 Å². The first-order valence-corrected chi connectivity index (χ1v) is 7.67. The van der Waals surface area contributed by atoms with E-state index >= 15 is 0 Å². The van der Waals surface area contributed by atoms with Crippen molar-refractivity contribution in [3.63, 3.8) is 0 Å². The summed E-state index contributed by atoms with van der Waals surface area (Å²) in [7, 11) is 0. The zero-order valence-electron chi connectivity index (χ0n) is 11.9. The van der Waals surface area contributed by atoms with Gasteiger partial charge >= 0.3 is 0 Å². The minimum absolute atomic E-state index is 0.432. The summed E-state index contributed by atoms with van der Waals surface area (Å²) >= 11 is 6.17. The van der Waals surface area contributed by atoms with Crippen LogP contribution in [-0.4, -0.2) is 35.6 Å². The third-order valence-electron chi connectivity index (χ3n) is 3.94. The number of rotatable bonds is 5. The molecule has 1 aliphatic rings. The van der Waals surface area contributed by atoms with Crippen LogP contribution in [0.2, 0.25) is 5.02 Å². The van der Waals surface area contributed by atoms with Gasteiger partial charge in [-0.2, -0.15) is 0 Å². The third-order valence-corrected chi connectivity index (χ3v) is 4.27. The molecule has 2 rings (SSSR count). The number of halogens is 1. The lowest BCUT2D eigenvalue weighted by Gasteiger charge is -2.36. The van der Waals surface area contributed by atoms with Crippen molar-refractivity contribution >= 4 is 17.3 Å². The van der Waals surface area contributed by atoms with Gasteiger partial charge in [-0.05, 0) is 51.3 Å². The highest BCUT2D eigenvalue weighted by Gasteiger charge is 2.24. The SMILES string of the molecule is CCCN1CCCC(C(C)Nc2cnccc2Cl)C1. The molecule has 19 heavy (non-hydrogen) atoms. The topological polar surface area (TPSA) is 28.2 Å². The summed E-state index contributed by atoms with van der Waals surface area (Å²) in [5, 5.41) is 4.27. The molecule has 0 amide bonds. The van der Waals surface area contributed by atoms with Crippen LogP contribution in [0.5, 0.6) is 0 Å². The van der Waals surface area contributed by atoms with Crippen molar-refractivity contribution in [3.05, 3.63) is 23.5 Å². The second-order valence-corrected chi connectivity index (χ2v) is 5.90. The quantitative estimate of drug-likeness (QED) is 0.893. The molecule has 106 valence electrons. The van der Waals surface area contributed by atoms with Crippen LogP contribution in [-0.2, 0) is 0 Å². The normalized spacial score (nSPS) is 22.2. The number of aromatic nitrogens is 1. The van der Waals surface area contributed by atoms with Gasteiger partial charge in [-0.1, -0.05) is 18.5 Å². The van der Waals surface area contributed by atoms with Gasteiger partial charge in [0.2, 0.25) is 0 Å². The van der Waals surface area contributed by atoms with E-state index in [1.165, 1.54) is 38.9 Å². The standard InChI is InChI=1S/C15H24ClN3/c1-3-8-19-9-4-5-13(11-19)12(2)18-15-10-17-7-6-14(15)16/h6-7,10,12-13,18H,3-5,8-9,11H2,1-2H3. The summed E-state index contributed by atoms with van der Waals surface area (Å²) in [5.74, 6) is 0.691. The molecular formula is C15H24ClN3. The second-order valence-electron chi connectivity index (χ2n) is 5.49. The van der Waals surface area contributed by atoms with Crippen LogP contribution in [0.1, 0.15) is 33.1 Å². The molecule has 2 unspecified atom stereocenters. The second kappa shape index (κ2) is 7.11. The van der Waals surface area contributed by atoms with Crippen LogP contribution in [0.3, 0.4) is 0 Å². The van der Waals surface area contributed by atoms with E-state index in [-0.39, 0.29) is 0 Å². The van der Waals surface area contributed by atoms with E-state index in [1.54, 1.807) is 6.20 Å². The highest BCUT2D eigenvalue weighted by molar-refractivity contribution is 6.33. The maximum absolute atomic E-state index is 6.17. The van der Waals surface area contributed by atoms with Crippen LogP contribution in [0, 0.1) is 5.92 Å². The van der Waals surface area contributed by atoms with E-state index in [9.17, 15) is 0 Å². The molecule has 1 aromatic heterocycles. The van der Waals surface area contributed by atoms with Crippen molar-refractivity contribution in [2.24, 2.45) is 5.92 Å². The maximum atomic E-state index is 6.17. The van der Waals surface area contributed by atoms with Gasteiger partial charge < -0.3 is 10.2 Å². The molecule has 0 bridgehead atoms. The average Bonchev–Trinajstić information content (AvgIpc) is 2.42. The Bertz CT molecular complexity index is 395. The van der Waals surface area contributed by atoms with Crippen molar-refractivity contribution < 1.29 is 0 Å². The number of hydrogen-bond donors (Lipinski definition) is 1. The van der Waals surface area contributed by atoms with Crippen molar-refractivity contribution in [2.45, 2.75) is 39.2 Å². The predicted octanol–water partition coefficient (Wildman–Crippen LogP) is 3.66.